The quantitative estimate of drug-likeness (QED) is 0.785. The van der Waals surface area contributed by atoms with E-state index in [-0.39, 0.29) is 5.54 Å². The molecule has 1 heterocycles. The molecule has 0 bridgehead atoms. The summed E-state index contributed by atoms with van der Waals surface area (Å²) in [5.41, 5.74) is 10.2. The first-order valence-electron chi connectivity index (χ1n) is 6.09. The van der Waals surface area contributed by atoms with Crippen molar-refractivity contribution in [2.45, 2.75) is 39.2 Å². The molecular formula is C14H22N2. The molecule has 2 N–H and O–H groups in total. The van der Waals surface area contributed by atoms with Crippen molar-refractivity contribution in [3.63, 3.8) is 0 Å². The van der Waals surface area contributed by atoms with Crippen LogP contribution in [0, 0.1) is 13.8 Å². The molecule has 1 saturated heterocycles. The molecule has 1 atom stereocenters. The Bertz CT molecular complexity index is 382. The van der Waals surface area contributed by atoms with Crippen LogP contribution in [0.25, 0.3) is 0 Å². The zero-order valence-electron chi connectivity index (χ0n) is 10.6. The Morgan fingerprint density at radius 2 is 2.06 bits per heavy atom. The van der Waals surface area contributed by atoms with E-state index in [1.54, 1.807) is 0 Å². The zero-order valence-corrected chi connectivity index (χ0v) is 10.6. The second-order valence-electron chi connectivity index (χ2n) is 5.47. The van der Waals surface area contributed by atoms with E-state index >= 15 is 0 Å². The Morgan fingerprint density at radius 3 is 2.69 bits per heavy atom. The molecule has 2 heteroatoms. The number of nitrogens with two attached hydrogens (primary N) is 1. The third kappa shape index (κ3) is 2.38. The normalized spacial score (nSPS) is 25.9. The summed E-state index contributed by atoms with van der Waals surface area (Å²) in [5, 5.41) is 0. The largest absolute Gasteiger partial charge is 0.369 e. The van der Waals surface area contributed by atoms with Gasteiger partial charge in [-0.3, -0.25) is 0 Å². The van der Waals surface area contributed by atoms with E-state index in [2.05, 4.69) is 43.9 Å². The molecule has 1 aromatic rings. The fourth-order valence-electron chi connectivity index (χ4n) is 2.63. The van der Waals surface area contributed by atoms with Crippen LogP contribution in [0.5, 0.6) is 0 Å². The molecule has 1 aliphatic rings. The molecule has 1 aliphatic heterocycles. The van der Waals surface area contributed by atoms with E-state index in [1.165, 1.54) is 23.2 Å². The molecule has 1 unspecified atom stereocenters. The maximum Gasteiger partial charge on any atom is 0.0396 e. The molecule has 0 aromatic heterocycles. The number of hydrogen-bond acceptors (Lipinski definition) is 2. The number of nitrogens with zero attached hydrogens (tertiary/aromatic N) is 1. The summed E-state index contributed by atoms with van der Waals surface area (Å²) >= 11 is 0. The van der Waals surface area contributed by atoms with Crippen molar-refractivity contribution in [2.24, 2.45) is 5.73 Å². The van der Waals surface area contributed by atoms with Gasteiger partial charge in [0.05, 0.1) is 0 Å². The van der Waals surface area contributed by atoms with Crippen molar-refractivity contribution in [1.29, 1.82) is 0 Å². The summed E-state index contributed by atoms with van der Waals surface area (Å²) in [6.07, 6.45) is 2.33. The van der Waals surface area contributed by atoms with Gasteiger partial charge >= 0.3 is 0 Å². The lowest BCUT2D eigenvalue weighted by Gasteiger charge is -2.39. The first-order valence-corrected chi connectivity index (χ1v) is 6.09. The van der Waals surface area contributed by atoms with E-state index in [9.17, 15) is 0 Å². The van der Waals surface area contributed by atoms with Gasteiger partial charge in [-0.15, -0.1) is 0 Å². The van der Waals surface area contributed by atoms with Gasteiger partial charge in [0.25, 0.3) is 0 Å². The fraction of sp³-hybridized carbons (Fsp3) is 0.571. The lowest BCUT2D eigenvalue weighted by Crippen LogP contribution is -2.52. The summed E-state index contributed by atoms with van der Waals surface area (Å²) in [6, 6.07) is 6.66. The van der Waals surface area contributed by atoms with Crippen molar-refractivity contribution in [1.82, 2.24) is 0 Å². The topological polar surface area (TPSA) is 29.3 Å². The van der Waals surface area contributed by atoms with Crippen LogP contribution in [0.15, 0.2) is 18.2 Å². The number of anilines is 1. The average Bonchev–Trinajstić information content (AvgIpc) is 2.15. The number of aryl methyl sites for hydroxylation is 2. The van der Waals surface area contributed by atoms with Crippen LogP contribution in [0.3, 0.4) is 0 Å². The average molecular weight is 218 g/mol. The van der Waals surface area contributed by atoms with Gasteiger partial charge in [-0.2, -0.15) is 0 Å². The van der Waals surface area contributed by atoms with E-state index in [1.807, 2.05) is 0 Å². The lowest BCUT2D eigenvalue weighted by molar-refractivity contribution is 0.374. The molecule has 16 heavy (non-hydrogen) atoms. The van der Waals surface area contributed by atoms with E-state index < -0.39 is 0 Å². The summed E-state index contributed by atoms with van der Waals surface area (Å²) in [6.45, 7) is 8.58. The minimum absolute atomic E-state index is 0.0322. The van der Waals surface area contributed by atoms with Crippen molar-refractivity contribution in [3.8, 4) is 0 Å². The maximum atomic E-state index is 6.24. The monoisotopic (exact) mass is 218 g/mol. The number of rotatable bonds is 1. The Morgan fingerprint density at radius 1 is 1.31 bits per heavy atom. The molecule has 1 aromatic carbocycles. The Labute approximate surface area is 98.4 Å². The summed E-state index contributed by atoms with van der Waals surface area (Å²) in [7, 11) is 0. The standard InChI is InChI=1S/C14H22N2/c1-11-5-6-13(12(2)9-11)16-8-4-7-14(3,15)10-16/h5-6,9H,4,7-8,10,15H2,1-3H3. The van der Waals surface area contributed by atoms with Gasteiger partial charge in [-0.1, -0.05) is 17.7 Å². The molecule has 88 valence electrons. The minimum Gasteiger partial charge on any atom is -0.369 e. The highest BCUT2D eigenvalue weighted by atomic mass is 15.2. The molecule has 0 saturated carbocycles. The van der Waals surface area contributed by atoms with Crippen LogP contribution >= 0.6 is 0 Å². The number of hydrogen-bond donors (Lipinski definition) is 1. The molecule has 1 fully saturated rings. The SMILES string of the molecule is Cc1ccc(N2CCCC(C)(N)C2)c(C)c1. The highest BCUT2D eigenvalue weighted by molar-refractivity contribution is 5.55. The summed E-state index contributed by atoms with van der Waals surface area (Å²) in [4.78, 5) is 2.43. The van der Waals surface area contributed by atoms with Gasteiger partial charge < -0.3 is 10.6 Å². The maximum absolute atomic E-state index is 6.24. The summed E-state index contributed by atoms with van der Waals surface area (Å²) < 4.78 is 0. The van der Waals surface area contributed by atoms with Gasteiger partial charge in [0.15, 0.2) is 0 Å². The molecule has 2 nitrogen and oxygen atoms in total. The van der Waals surface area contributed by atoms with E-state index in [4.69, 9.17) is 5.73 Å². The molecule has 0 amide bonds. The van der Waals surface area contributed by atoms with Crippen LogP contribution < -0.4 is 10.6 Å². The van der Waals surface area contributed by atoms with Crippen molar-refractivity contribution < 1.29 is 0 Å². The summed E-state index contributed by atoms with van der Waals surface area (Å²) in [5.74, 6) is 0. The second kappa shape index (κ2) is 4.10. The van der Waals surface area contributed by atoms with Crippen molar-refractivity contribution >= 4 is 5.69 Å². The van der Waals surface area contributed by atoms with Crippen molar-refractivity contribution in [2.75, 3.05) is 18.0 Å². The Kier molecular flexibility index (Phi) is 2.94. The van der Waals surface area contributed by atoms with E-state index in [0.29, 0.717) is 0 Å². The van der Waals surface area contributed by atoms with Gasteiger partial charge in [0.2, 0.25) is 0 Å². The predicted octanol–water partition coefficient (Wildman–Crippen LogP) is 2.62. The van der Waals surface area contributed by atoms with Crippen LogP contribution in [0.1, 0.15) is 30.9 Å². The second-order valence-corrected chi connectivity index (χ2v) is 5.47. The van der Waals surface area contributed by atoms with Crippen LogP contribution in [-0.4, -0.2) is 18.6 Å². The molecule has 0 spiro atoms. The number of piperidine rings is 1. The highest BCUT2D eigenvalue weighted by Gasteiger charge is 2.27. The third-order valence-electron chi connectivity index (χ3n) is 3.42. The van der Waals surface area contributed by atoms with Gasteiger partial charge in [-0.05, 0) is 45.2 Å². The van der Waals surface area contributed by atoms with Gasteiger partial charge in [-0.25, -0.2) is 0 Å². The molecular weight excluding hydrogens is 196 g/mol. The number of benzene rings is 1. The highest BCUT2D eigenvalue weighted by Crippen LogP contribution is 2.27. The third-order valence-corrected chi connectivity index (χ3v) is 3.42. The van der Waals surface area contributed by atoms with Crippen molar-refractivity contribution in [3.05, 3.63) is 29.3 Å². The molecule has 0 aliphatic carbocycles. The Balaban J connectivity index is 2.23. The van der Waals surface area contributed by atoms with Crippen LogP contribution in [0.4, 0.5) is 5.69 Å². The Hall–Kier alpha value is -1.02. The predicted molar refractivity (Wildman–Crippen MR) is 70.0 cm³/mol. The zero-order chi connectivity index (χ0) is 11.8. The smallest absolute Gasteiger partial charge is 0.0396 e. The molecule has 0 radical (unpaired) electrons. The fourth-order valence-corrected chi connectivity index (χ4v) is 2.63. The van der Waals surface area contributed by atoms with Crippen LogP contribution in [-0.2, 0) is 0 Å². The van der Waals surface area contributed by atoms with Gasteiger partial charge in [0, 0.05) is 24.3 Å². The lowest BCUT2D eigenvalue weighted by atomic mass is 9.91. The van der Waals surface area contributed by atoms with Gasteiger partial charge in [0.1, 0.15) is 0 Å². The first-order chi connectivity index (χ1) is 7.48. The first kappa shape index (κ1) is 11.5. The van der Waals surface area contributed by atoms with Crippen LogP contribution in [0.2, 0.25) is 0 Å². The molecule has 2 rings (SSSR count). The van der Waals surface area contributed by atoms with E-state index in [0.717, 1.165) is 19.5 Å². The minimum atomic E-state index is -0.0322.